The Morgan fingerprint density at radius 1 is 1.17 bits per heavy atom. The molecule has 2 aromatic rings. The van der Waals surface area contributed by atoms with E-state index in [4.69, 9.17) is 4.74 Å². The van der Waals surface area contributed by atoms with Crippen molar-refractivity contribution in [3.8, 4) is 5.75 Å². The molecular weight excluding hydrogens is 468 g/mol. The first kappa shape index (κ1) is 21.3. The van der Waals surface area contributed by atoms with Gasteiger partial charge in [0.25, 0.3) is 0 Å². The number of amides is 1. The molecule has 160 valence electrons. The molecular formula is C22H25BrN2O4S. The first-order valence-electron chi connectivity index (χ1n) is 10.1. The van der Waals surface area contributed by atoms with Gasteiger partial charge in [-0.1, -0.05) is 15.9 Å². The molecule has 0 bridgehead atoms. The lowest BCUT2D eigenvalue weighted by Crippen LogP contribution is -2.48. The predicted molar refractivity (Wildman–Crippen MR) is 119 cm³/mol. The molecule has 2 aliphatic rings. The molecule has 6 nitrogen and oxygen atoms in total. The van der Waals surface area contributed by atoms with Crippen LogP contribution in [-0.4, -0.2) is 44.9 Å². The summed E-state index contributed by atoms with van der Waals surface area (Å²) in [6.45, 7) is 2.68. The zero-order valence-electron chi connectivity index (χ0n) is 17.0. The van der Waals surface area contributed by atoms with E-state index in [0.717, 1.165) is 22.1 Å². The highest BCUT2D eigenvalue weighted by atomic mass is 79.9. The molecule has 0 N–H and O–H groups in total. The maximum absolute atomic E-state index is 13.4. The van der Waals surface area contributed by atoms with Crippen molar-refractivity contribution in [3.63, 3.8) is 0 Å². The smallest absolute Gasteiger partial charge is 0.243 e. The maximum Gasteiger partial charge on any atom is 0.243 e. The van der Waals surface area contributed by atoms with E-state index in [-0.39, 0.29) is 29.3 Å². The first-order chi connectivity index (χ1) is 14.3. The van der Waals surface area contributed by atoms with E-state index >= 15 is 0 Å². The molecule has 1 fully saturated rings. The van der Waals surface area contributed by atoms with Crippen LogP contribution in [0.1, 0.15) is 25.3 Å². The van der Waals surface area contributed by atoms with Crippen LogP contribution in [0.4, 0.5) is 5.69 Å². The lowest BCUT2D eigenvalue weighted by Gasteiger charge is -2.34. The Labute approximate surface area is 186 Å². The monoisotopic (exact) mass is 492 g/mol. The van der Waals surface area contributed by atoms with Gasteiger partial charge in [-0.25, -0.2) is 8.42 Å². The van der Waals surface area contributed by atoms with Crippen LogP contribution in [0.3, 0.4) is 0 Å². The molecule has 2 heterocycles. The highest BCUT2D eigenvalue weighted by Crippen LogP contribution is 2.36. The predicted octanol–water partition coefficient (Wildman–Crippen LogP) is 3.84. The summed E-state index contributed by atoms with van der Waals surface area (Å²) in [6.07, 6.45) is 2.17. The fourth-order valence-corrected chi connectivity index (χ4v) is 6.32. The van der Waals surface area contributed by atoms with Crippen LogP contribution in [0.5, 0.6) is 5.75 Å². The molecule has 0 saturated carbocycles. The van der Waals surface area contributed by atoms with Gasteiger partial charge in [0.1, 0.15) is 5.75 Å². The van der Waals surface area contributed by atoms with Gasteiger partial charge in [-0.2, -0.15) is 4.31 Å². The van der Waals surface area contributed by atoms with Gasteiger partial charge >= 0.3 is 0 Å². The molecule has 1 amide bonds. The van der Waals surface area contributed by atoms with Gasteiger partial charge in [-0.3, -0.25) is 4.79 Å². The van der Waals surface area contributed by atoms with Gasteiger partial charge in [-0.15, -0.1) is 0 Å². The van der Waals surface area contributed by atoms with E-state index in [2.05, 4.69) is 22.0 Å². The van der Waals surface area contributed by atoms with Gasteiger partial charge in [-0.05, 0) is 74.2 Å². The summed E-state index contributed by atoms with van der Waals surface area (Å²) in [7, 11) is -2.11. The number of ether oxygens (including phenoxy) is 1. The first-order valence-corrected chi connectivity index (χ1v) is 12.3. The number of benzene rings is 2. The van der Waals surface area contributed by atoms with Crippen LogP contribution in [0.2, 0.25) is 0 Å². The number of nitrogens with zero attached hydrogens (tertiary/aromatic N) is 2. The standard InChI is InChI=1S/C22H25BrN2O4S/c1-15-12-17-13-18(23)5-10-21(17)25(15)22(26)16-4-3-11-24(14-16)30(27,28)20-8-6-19(29-2)7-9-20/h5-10,13,15-16H,3-4,11-12,14H2,1-2H3/t15-,16-/m0/s1. The minimum atomic E-state index is -3.66. The molecule has 8 heteroatoms. The fraction of sp³-hybridized carbons (Fsp3) is 0.409. The lowest BCUT2D eigenvalue weighted by atomic mass is 9.97. The van der Waals surface area contributed by atoms with Crippen LogP contribution < -0.4 is 9.64 Å². The Hall–Kier alpha value is -1.90. The van der Waals surface area contributed by atoms with Gasteiger partial charge in [0.2, 0.25) is 15.9 Å². The van der Waals surface area contributed by atoms with Crippen LogP contribution in [0, 0.1) is 5.92 Å². The second-order valence-electron chi connectivity index (χ2n) is 7.91. The fourth-order valence-electron chi connectivity index (χ4n) is 4.39. The lowest BCUT2D eigenvalue weighted by molar-refractivity contribution is -0.123. The van der Waals surface area contributed by atoms with Gasteiger partial charge < -0.3 is 9.64 Å². The van der Waals surface area contributed by atoms with Crippen molar-refractivity contribution in [1.82, 2.24) is 4.31 Å². The second kappa shape index (κ2) is 8.32. The minimum Gasteiger partial charge on any atom is -0.497 e. The Morgan fingerprint density at radius 3 is 2.60 bits per heavy atom. The normalized spacial score (nSPS) is 22.0. The zero-order valence-corrected chi connectivity index (χ0v) is 19.4. The average molecular weight is 493 g/mol. The van der Waals surface area contributed by atoms with Crippen LogP contribution in [0.15, 0.2) is 51.8 Å². The summed E-state index contributed by atoms with van der Waals surface area (Å²) in [5.41, 5.74) is 2.08. The third kappa shape index (κ3) is 3.88. The third-order valence-electron chi connectivity index (χ3n) is 5.93. The van der Waals surface area contributed by atoms with E-state index in [1.807, 2.05) is 24.0 Å². The molecule has 0 unspecified atom stereocenters. The number of hydrogen-bond donors (Lipinski definition) is 0. The molecule has 30 heavy (non-hydrogen) atoms. The van der Waals surface area contributed by atoms with Crippen molar-refractivity contribution in [2.75, 3.05) is 25.1 Å². The number of rotatable bonds is 4. The molecule has 0 aliphatic carbocycles. The quantitative estimate of drug-likeness (QED) is 0.650. The number of carbonyl (C=O) groups excluding carboxylic acids is 1. The van der Waals surface area contributed by atoms with Crippen LogP contribution >= 0.6 is 15.9 Å². The van der Waals surface area contributed by atoms with E-state index in [0.29, 0.717) is 25.1 Å². The van der Waals surface area contributed by atoms with Crippen molar-refractivity contribution in [3.05, 3.63) is 52.5 Å². The Morgan fingerprint density at radius 2 is 1.90 bits per heavy atom. The van der Waals surface area contributed by atoms with Crippen molar-refractivity contribution in [2.45, 2.75) is 37.1 Å². The molecule has 1 saturated heterocycles. The summed E-state index contributed by atoms with van der Waals surface area (Å²) in [5.74, 6) is 0.274. The van der Waals surface area contributed by atoms with E-state index in [1.165, 1.54) is 4.31 Å². The minimum absolute atomic E-state index is 0.0122. The van der Waals surface area contributed by atoms with E-state index < -0.39 is 10.0 Å². The summed E-state index contributed by atoms with van der Waals surface area (Å²) in [5, 5.41) is 0. The summed E-state index contributed by atoms with van der Waals surface area (Å²) in [6, 6.07) is 12.4. The molecule has 0 aromatic heterocycles. The summed E-state index contributed by atoms with van der Waals surface area (Å²) >= 11 is 3.49. The number of methoxy groups -OCH3 is 1. The topological polar surface area (TPSA) is 66.9 Å². The second-order valence-corrected chi connectivity index (χ2v) is 10.8. The molecule has 2 aliphatic heterocycles. The Kier molecular flexibility index (Phi) is 5.92. The number of fused-ring (bicyclic) bond motifs is 1. The molecule has 4 rings (SSSR count). The summed E-state index contributed by atoms with van der Waals surface area (Å²) in [4.78, 5) is 15.5. The number of halogens is 1. The van der Waals surface area contributed by atoms with Crippen molar-refractivity contribution in [1.29, 1.82) is 0 Å². The summed E-state index contributed by atoms with van der Waals surface area (Å²) < 4.78 is 33.8. The third-order valence-corrected chi connectivity index (χ3v) is 8.30. The van der Waals surface area contributed by atoms with Crippen molar-refractivity contribution >= 4 is 37.5 Å². The average Bonchev–Trinajstić information content (AvgIpc) is 3.08. The van der Waals surface area contributed by atoms with Crippen molar-refractivity contribution in [2.24, 2.45) is 5.92 Å². The van der Waals surface area contributed by atoms with E-state index in [9.17, 15) is 13.2 Å². The van der Waals surface area contributed by atoms with Crippen LogP contribution in [0.25, 0.3) is 0 Å². The number of carbonyl (C=O) groups is 1. The molecule has 2 atom stereocenters. The number of sulfonamides is 1. The number of anilines is 1. The van der Waals surface area contributed by atoms with Crippen LogP contribution in [-0.2, 0) is 21.2 Å². The Bertz CT molecular complexity index is 1060. The van der Waals surface area contributed by atoms with E-state index in [1.54, 1.807) is 31.4 Å². The number of hydrogen-bond acceptors (Lipinski definition) is 4. The molecule has 2 aromatic carbocycles. The van der Waals surface area contributed by atoms with Crippen molar-refractivity contribution < 1.29 is 17.9 Å². The zero-order chi connectivity index (χ0) is 21.5. The highest BCUT2D eigenvalue weighted by molar-refractivity contribution is 9.10. The largest absolute Gasteiger partial charge is 0.497 e. The van der Waals surface area contributed by atoms with Gasteiger partial charge in [0.15, 0.2) is 0 Å². The Balaban J connectivity index is 1.55. The molecule has 0 spiro atoms. The van der Waals surface area contributed by atoms with Gasteiger partial charge in [0.05, 0.1) is 17.9 Å². The molecule has 0 radical (unpaired) electrons. The SMILES string of the molecule is COc1ccc(S(=O)(=O)N2CCC[C@H](C(=O)N3c4ccc(Br)cc4C[C@@H]3C)C2)cc1. The maximum atomic E-state index is 13.4. The van der Waals surface area contributed by atoms with Gasteiger partial charge in [0, 0.05) is 29.3 Å². The number of piperidine rings is 1. The highest BCUT2D eigenvalue weighted by Gasteiger charge is 2.39.